The largest absolute Gasteiger partial charge is 0.493 e. The van der Waals surface area contributed by atoms with Gasteiger partial charge in [0.25, 0.3) is 0 Å². The molecule has 0 heterocycles. The van der Waals surface area contributed by atoms with Crippen molar-refractivity contribution < 1.29 is 14.3 Å². The smallest absolute Gasteiger partial charge is 0.248 e. The zero-order chi connectivity index (χ0) is 17.9. The first kappa shape index (κ1) is 18.6. The quantitative estimate of drug-likeness (QED) is 0.521. The molecule has 0 aliphatic carbocycles. The van der Waals surface area contributed by atoms with Gasteiger partial charge >= 0.3 is 0 Å². The number of methoxy groups -OCH3 is 1. The first-order valence-electron chi connectivity index (χ1n) is 8.58. The molecule has 0 spiro atoms. The van der Waals surface area contributed by atoms with Gasteiger partial charge in [-0.1, -0.05) is 44.0 Å². The summed E-state index contributed by atoms with van der Waals surface area (Å²) in [4.78, 5) is 12.0. The van der Waals surface area contributed by atoms with Gasteiger partial charge in [-0.15, -0.1) is 0 Å². The van der Waals surface area contributed by atoms with Gasteiger partial charge in [-0.2, -0.15) is 0 Å². The summed E-state index contributed by atoms with van der Waals surface area (Å²) >= 11 is 0. The molecule has 0 fully saturated rings. The van der Waals surface area contributed by atoms with Crippen LogP contribution in [-0.2, 0) is 4.79 Å². The van der Waals surface area contributed by atoms with E-state index < -0.39 is 0 Å². The van der Waals surface area contributed by atoms with Crippen LogP contribution in [0.25, 0.3) is 6.08 Å². The summed E-state index contributed by atoms with van der Waals surface area (Å²) in [6.07, 6.45) is 6.60. The molecule has 0 aromatic heterocycles. The summed E-state index contributed by atoms with van der Waals surface area (Å²) in [5.74, 6) is 1.22. The Bertz CT molecular complexity index is 696. The zero-order valence-corrected chi connectivity index (χ0v) is 14.8. The Hall–Kier alpha value is -2.75. The average Bonchev–Trinajstić information content (AvgIpc) is 2.65. The number of ether oxygens (including phenoxy) is 2. The molecule has 4 nitrogen and oxygen atoms in total. The SMILES string of the molecule is CCCCCOc1ccc(C=CC(=O)Nc2ccccc2)cc1OC. The van der Waals surface area contributed by atoms with Gasteiger partial charge in [0, 0.05) is 11.8 Å². The lowest BCUT2D eigenvalue weighted by molar-refractivity contribution is -0.111. The predicted octanol–water partition coefficient (Wildman–Crippen LogP) is 4.92. The van der Waals surface area contributed by atoms with Gasteiger partial charge in [-0.3, -0.25) is 4.79 Å². The molecule has 2 aromatic rings. The zero-order valence-electron chi connectivity index (χ0n) is 14.8. The summed E-state index contributed by atoms with van der Waals surface area (Å²) < 4.78 is 11.1. The van der Waals surface area contributed by atoms with Gasteiger partial charge in [-0.05, 0) is 42.3 Å². The van der Waals surface area contributed by atoms with Crippen molar-refractivity contribution in [3.05, 3.63) is 60.2 Å². The molecule has 2 aromatic carbocycles. The van der Waals surface area contributed by atoms with Gasteiger partial charge in [0.2, 0.25) is 5.91 Å². The molecule has 1 N–H and O–H groups in total. The molecule has 0 aliphatic heterocycles. The Kier molecular flexibility index (Phi) is 7.57. The fraction of sp³-hybridized carbons (Fsp3) is 0.286. The second-order valence-corrected chi connectivity index (χ2v) is 5.65. The summed E-state index contributed by atoms with van der Waals surface area (Å²) in [6.45, 7) is 2.84. The lowest BCUT2D eigenvalue weighted by atomic mass is 10.2. The number of amides is 1. The van der Waals surface area contributed by atoms with Crippen molar-refractivity contribution in [2.45, 2.75) is 26.2 Å². The van der Waals surface area contributed by atoms with Gasteiger partial charge in [0.1, 0.15) is 0 Å². The summed E-state index contributed by atoms with van der Waals surface area (Å²) in [7, 11) is 1.61. The number of rotatable bonds is 9. The monoisotopic (exact) mass is 339 g/mol. The van der Waals surface area contributed by atoms with Crippen LogP contribution in [0.3, 0.4) is 0 Å². The maximum atomic E-state index is 12.0. The molecule has 132 valence electrons. The minimum atomic E-state index is -0.176. The molecule has 4 heteroatoms. The molecular formula is C21H25NO3. The minimum absolute atomic E-state index is 0.176. The van der Waals surface area contributed by atoms with Crippen LogP contribution in [0.5, 0.6) is 11.5 Å². The van der Waals surface area contributed by atoms with Crippen molar-refractivity contribution in [3.63, 3.8) is 0 Å². The third-order valence-electron chi connectivity index (χ3n) is 3.66. The average molecular weight is 339 g/mol. The maximum absolute atomic E-state index is 12.0. The maximum Gasteiger partial charge on any atom is 0.248 e. The fourth-order valence-corrected chi connectivity index (χ4v) is 2.32. The summed E-state index contributed by atoms with van der Waals surface area (Å²) in [5, 5.41) is 2.81. The van der Waals surface area contributed by atoms with Crippen LogP contribution in [0.1, 0.15) is 31.7 Å². The Morgan fingerprint density at radius 1 is 1.08 bits per heavy atom. The fourth-order valence-electron chi connectivity index (χ4n) is 2.32. The van der Waals surface area contributed by atoms with E-state index in [1.54, 1.807) is 13.2 Å². The summed E-state index contributed by atoms with van der Waals surface area (Å²) in [6, 6.07) is 15.0. The van der Waals surface area contributed by atoms with E-state index in [1.165, 1.54) is 6.08 Å². The number of benzene rings is 2. The molecule has 0 atom stereocenters. The lowest BCUT2D eigenvalue weighted by Crippen LogP contribution is -2.07. The van der Waals surface area contributed by atoms with Crippen LogP contribution >= 0.6 is 0 Å². The second kappa shape index (κ2) is 10.2. The molecule has 0 aliphatic rings. The normalized spacial score (nSPS) is 10.6. The van der Waals surface area contributed by atoms with Crippen molar-refractivity contribution in [2.75, 3.05) is 19.0 Å². The molecule has 0 unspecified atom stereocenters. The van der Waals surface area contributed by atoms with Gasteiger partial charge in [0.15, 0.2) is 11.5 Å². The third-order valence-corrected chi connectivity index (χ3v) is 3.66. The van der Waals surface area contributed by atoms with Crippen molar-refractivity contribution in [3.8, 4) is 11.5 Å². The topological polar surface area (TPSA) is 47.6 Å². The Morgan fingerprint density at radius 2 is 1.88 bits per heavy atom. The number of unbranched alkanes of at least 4 members (excludes halogenated alkanes) is 2. The first-order valence-corrected chi connectivity index (χ1v) is 8.58. The molecule has 0 radical (unpaired) electrons. The third kappa shape index (κ3) is 6.34. The van der Waals surface area contributed by atoms with Crippen LogP contribution in [-0.4, -0.2) is 19.6 Å². The highest BCUT2D eigenvalue weighted by molar-refractivity contribution is 6.01. The van der Waals surface area contributed by atoms with E-state index in [4.69, 9.17) is 9.47 Å². The van der Waals surface area contributed by atoms with E-state index in [2.05, 4.69) is 12.2 Å². The first-order chi connectivity index (χ1) is 12.2. The van der Waals surface area contributed by atoms with Crippen molar-refractivity contribution in [2.24, 2.45) is 0 Å². The van der Waals surface area contributed by atoms with E-state index in [1.807, 2.05) is 48.5 Å². The second-order valence-electron chi connectivity index (χ2n) is 5.65. The van der Waals surface area contributed by atoms with E-state index in [0.29, 0.717) is 12.4 Å². The number of hydrogen-bond acceptors (Lipinski definition) is 3. The van der Waals surface area contributed by atoms with Gasteiger partial charge in [-0.25, -0.2) is 0 Å². The van der Waals surface area contributed by atoms with Gasteiger partial charge < -0.3 is 14.8 Å². The molecule has 0 saturated carbocycles. The molecule has 25 heavy (non-hydrogen) atoms. The van der Waals surface area contributed by atoms with E-state index in [-0.39, 0.29) is 5.91 Å². The Morgan fingerprint density at radius 3 is 2.60 bits per heavy atom. The van der Waals surface area contributed by atoms with Crippen molar-refractivity contribution >= 4 is 17.7 Å². The van der Waals surface area contributed by atoms with Crippen LogP contribution < -0.4 is 14.8 Å². The van der Waals surface area contributed by atoms with Gasteiger partial charge in [0.05, 0.1) is 13.7 Å². The number of carbonyl (C=O) groups is 1. The lowest BCUT2D eigenvalue weighted by Gasteiger charge is -2.11. The molecule has 0 bridgehead atoms. The number of hydrogen-bond donors (Lipinski definition) is 1. The highest BCUT2D eigenvalue weighted by Crippen LogP contribution is 2.28. The van der Waals surface area contributed by atoms with Crippen molar-refractivity contribution in [1.29, 1.82) is 0 Å². The number of carbonyl (C=O) groups excluding carboxylic acids is 1. The Labute approximate surface area is 149 Å². The standard InChI is InChI=1S/C21H25NO3/c1-3-4-8-15-25-19-13-11-17(16-20(19)24-2)12-14-21(23)22-18-9-6-5-7-10-18/h5-7,9-14,16H,3-4,8,15H2,1-2H3,(H,22,23). The van der Waals surface area contributed by atoms with Crippen LogP contribution in [0.2, 0.25) is 0 Å². The minimum Gasteiger partial charge on any atom is -0.493 e. The number of anilines is 1. The number of nitrogens with one attached hydrogen (secondary N) is 1. The van der Waals surface area contributed by atoms with Crippen LogP contribution in [0.15, 0.2) is 54.6 Å². The van der Waals surface area contributed by atoms with Crippen LogP contribution in [0.4, 0.5) is 5.69 Å². The van der Waals surface area contributed by atoms with E-state index in [0.717, 1.165) is 36.3 Å². The van der Waals surface area contributed by atoms with E-state index in [9.17, 15) is 4.79 Å². The Balaban J connectivity index is 1.96. The highest BCUT2D eigenvalue weighted by atomic mass is 16.5. The van der Waals surface area contributed by atoms with Crippen LogP contribution in [0, 0.1) is 0 Å². The molecule has 2 rings (SSSR count). The van der Waals surface area contributed by atoms with E-state index >= 15 is 0 Å². The predicted molar refractivity (Wildman–Crippen MR) is 102 cm³/mol. The summed E-state index contributed by atoms with van der Waals surface area (Å²) in [5.41, 5.74) is 1.64. The molecule has 0 saturated heterocycles. The van der Waals surface area contributed by atoms with Crippen molar-refractivity contribution in [1.82, 2.24) is 0 Å². The molecular weight excluding hydrogens is 314 g/mol. The highest BCUT2D eigenvalue weighted by Gasteiger charge is 2.05. The number of para-hydroxylation sites is 1. The molecule has 1 amide bonds.